The van der Waals surface area contributed by atoms with Gasteiger partial charge in [0.25, 0.3) is 0 Å². The SMILES string of the molecule is O=C(NC1(C(=O)Nc2ccc(F)c(C(F)(F)F)c2)CC1)[C@H]1C[C@@H]1c1nc2ccc(Cl)cc2[nH]1. The molecule has 2 aromatic carbocycles. The van der Waals surface area contributed by atoms with Gasteiger partial charge in [-0.1, -0.05) is 11.6 Å². The van der Waals surface area contributed by atoms with Crippen LogP contribution in [0.2, 0.25) is 5.02 Å². The van der Waals surface area contributed by atoms with E-state index in [0.717, 1.165) is 17.1 Å². The molecule has 0 saturated heterocycles. The van der Waals surface area contributed by atoms with Crippen molar-refractivity contribution in [2.45, 2.75) is 36.9 Å². The van der Waals surface area contributed by atoms with E-state index in [1.54, 1.807) is 18.2 Å². The molecule has 2 atom stereocenters. The first-order valence-corrected chi connectivity index (χ1v) is 10.6. The normalized spacial score (nSPS) is 21.0. The van der Waals surface area contributed by atoms with Crippen LogP contribution in [0.3, 0.4) is 0 Å². The van der Waals surface area contributed by atoms with Gasteiger partial charge in [-0.3, -0.25) is 9.59 Å². The summed E-state index contributed by atoms with van der Waals surface area (Å²) >= 11 is 5.98. The Bertz CT molecular complexity index is 1290. The maximum atomic E-state index is 13.5. The van der Waals surface area contributed by atoms with Crippen LogP contribution in [0.15, 0.2) is 36.4 Å². The molecule has 11 heteroatoms. The molecule has 6 nitrogen and oxygen atoms in total. The van der Waals surface area contributed by atoms with Crippen molar-refractivity contribution in [3.8, 4) is 0 Å². The molecule has 172 valence electrons. The Balaban J connectivity index is 1.24. The van der Waals surface area contributed by atoms with E-state index < -0.39 is 29.0 Å². The number of aromatic nitrogens is 2. The zero-order valence-electron chi connectivity index (χ0n) is 16.9. The number of nitrogens with zero attached hydrogens (tertiary/aromatic N) is 1. The smallest absolute Gasteiger partial charge is 0.342 e. The molecule has 1 aromatic heterocycles. The first kappa shape index (κ1) is 21.7. The summed E-state index contributed by atoms with van der Waals surface area (Å²) in [7, 11) is 0. The predicted molar refractivity (Wildman–Crippen MR) is 112 cm³/mol. The van der Waals surface area contributed by atoms with Crippen molar-refractivity contribution in [1.82, 2.24) is 15.3 Å². The molecule has 1 heterocycles. The van der Waals surface area contributed by atoms with Gasteiger partial charge in [0.05, 0.1) is 16.6 Å². The minimum Gasteiger partial charge on any atom is -0.342 e. The van der Waals surface area contributed by atoms with E-state index in [4.69, 9.17) is 11.6 Å². The zero-order chi connectivity index (χ0) is 23.5. The number of hydrogen-bond acceptors (Lipinski definition) is 3. The quantitative estimate of drug-likeness (QED) is 0.460. The van der Waals surface area contributed by atoms with Crippen LogP contribution in [-0.4, -0.2) is 27.3 Å². The Hall–Kier alpha value is -3.14. The molecular weight excluding hydrogens is 464 g/mol. The fraction of sp³-hybridized carbons (Fsp3) is 0.318. The van der Waals surface area contributed by atoms with Crippen molar-refractivity contribution < 1.29 is 27.2 Å². The molecule has 3 N–H and O–H groups in total. The molecule has 0 radical (unpaired) electrons. The number of rotatable bonds is 5. The van der Waals surface area contributed by atoms with Crippen LogP contribution in [0.4, 0.5) is 23.2 Å². The molecule has 2 saturated carbocycles. The number of halogens is 5. The lowest BCUT2D eigenvalue weighted by molar-refractivity contribution is -0.140. The van der Waals surface area contributed by atoms with Crippen LogP contribution in [0.1, 0.15) is 36.6 Å². The van der Waals surface area contributed by atoms with E-state index >= 15 is 0 Å². The third-order valence-electron chi connectivity index (χ3n) is 6.02. The number of imidazole rings is 1. The number of anilines is 1. The molecule has 2 aliphatic carbocycles. The van der Waals surface area contributed by atoms with E-state index in [1.807, 2.05) is 0 Å². The van der Waals surface area contributed by atoms with Crippen molar-refractivity contribution in [3.63, 3.8) is 0 Å². The van der Waals surface area contributed by atoms with Gasteiger partial charge < -0.3 is 15.6 Å². The monoisotopic (exact) mass is 480 g/mol. The number of nitrogens with one attached hydrogen (secondary N) is 3. The number of H-pyrrole nitrogens is 1. The van der Waals surface area contributed by atoms with E-state index in [1.165, 1.54) is 0 Å². The molecule has 3 aromatic rings. The summed E-state index contributed by atoms with van der Waals surface area (Å²) in [5, 5.41) is 5.66. The van der Waals surface area contributed by atoms with Gasteiger partial charge in [-0.25, -0.2) is 9.37 Å². The molecule has 5 rings (SSSR count). The second-order valence-electron chi connectivity index (χ2n) is 8.45. The highest BCUT2D eigenvalue weighted by atomic mass is 35.5. The third kappa shape index (κ3) is 4.15. The van der Waals surface area contributed by atoms with Gasteiger partial charge >= 0.3 is 6.18 Å². The Morgan fingerprint density at radius 3 is 2.61 bits per heavy atom. The van der Waals surface area contributed by atoms with E-state index in [9.17, 15) is 27.2 Å². The lowest BCUT2D eigenvalue weighted by Gasteiger charge is -2.18. The standard InChI is InChI=1S/C22H17ClF4N4O2/c23-10-1-4-16-17(7-10)30-18(29-16)12-9-13(12)19(32)31-21(5-6-21)20(33)28-11-2-3-15(24)14(8-11)22(25,26)27/h1-4,7-8,12-13H,5-6,9H2,(H,28,33)(H,29,30)(H,31,32)/t12-,13-/m0/s1. The average molecular weight is 481 g/mol. The second kappa shape index (κ2) is 7.44. The minimum atomic E-state index is -4.89. The lowest BCUT2D eigenvalue weighted by Crippen LogP contribution is -2.46. The molecule has 2 amide bonds. The van der Waals surface area contributed by atoms with Crippen molar-refractivity contribution in [2.75, 3.05) is 5.32 Å². The van der Waals surface area contributed by atoms with Crippen LogP contribution < -0.4 is 10.6 Å². The maximum Gasteiger partial charge on any atom is 0.419 e. The largest absolute Gasteiger partial charge is 0.419 e. The highest BCUT2D eigenvalue weighted by Crippen LogP contribution is 2.48. The molecule has 0 aliphatic heterocycles. The summed E-state index contributed by atoms with van der Waals surface area (Å²) in [4.78, 5) is 33.1. The number of carbonyl (C=O) groups excluding carboxylic acids is 2. The Morgan fingerprint density at radius 1 is 1.15 bits per heavy atom. The molecule has 0 bridgehead atoms. The van der Waals surface area contributed by atoms with Crippen LogP contribution in [0.25, 0.3) is 11.0 Å². The van der Waals surface area contributed by atoms with E-state index in [2.05, 4.69) is 20.6 Å². The second-order valence-corrected chi connectivity index (χ2v) is 8.89. The highest BCUT2D eigenvalue weighted by molar-refractivity contribution is 6.31. The maximum absolute atomic E-state index is 13.5. The zero-order valence-corrected chi connectivity index (χ0v) is 17.6. The summed E-state index contributed by atoms with van der Waals surface area (Å²) in [5.41, 5.74) is -1.35. The number of benzene rings is 2. The Labute approximate surface area is 189 Å². The minimum absolute atomic E-state index is 0.124. The summed E-state index contributed by atoms with van der Waals surface area (Å²) in [5.74, 6) is -2.21. The van der Waals surface area contributed by atoms with Gasteiger partial charge in [-0.2, -0.15) is 13.2 Å². The van der Waals surface area contributed by atoms with Crippen LogP contribution in [-0.2, 0) is 15.8 Å². The van der Waals surface area contributed by atoms with Crippen LogP contribution in [0, 0.1) is 11.7 Å². The topological polar surface area (TPSA) is 86.9 Å². The first-order chi connectivity index (χ1) is 15.6. The van der Waals surface area contributed by atoms with E-state index in [-0.39, 0.29) is 23.4 Å². The van der Waals surface area contributed by atoms with Gasteiger partial charge in [0.1, 0.15) is 17.2 Å². The van der Waals surface area contributed by atoms with Gasteiger partial charge in [-0.15, -0.1) is 0 Å². The van der Waals surface area contributed by atoms with Crippen molar-refractivity contribution >= 4 is 40.1 Å². The molecule has 33 heavy (non-hydrogen) atoms. The molecule has 0 spiro atoms. The van der Waals surface area contributed by atoms with Gasteiger partial charge in [0.2, 0.25) is 11.8 Å². The van der Waals surface area contributed by atoms with Gasteiger partial charge in [0.15, 0.2) is 0 Å². The highest BCUT2D eigenvalue weighted by Gasteiger charge is 2.55. The summed E-state index contributed by atoms with van der Waals surface area (Å²) in [6.45, 7) is 0. The molecular formula is C22H17ClF4N4O2. The summed E-state index contributed by atoms with van der Waals surface area (Å²) < 4.78 is 52.2. The van der Waals surface area contributed by atoms with Gasteiger partial charge in [-0.05, 0) is 55.7 Å². The fourth-order valence-corrected chi connectivity index (χ4v) is 4.07. The van der Waals surface area contributed by atoms with Crippen molar-refractivity contribution in [3.05, 3.63) is 58.6 Å². The van der Waals surface area contributed by atoms with Crippen LogP contribution in [0.5, 0.6) is 0 Å². The number of hydrogen-bond donors (Lipinski definition) is 3. The van der Waals surface area contributed by atoms with Crippen molar-refractivity contribution in [1.29, 1.82) is 0 Å². The third-order valence-corrected chi connectivity index (χ3v) is 6.25. The molecule has 2 fully saturated rings. The number of aromatic amines is 1. The Kier molecular flexibility index (Phi) is 4.89. The first-order valence-electron chi connectivity index (χ1n) is 10.2. The van der Waals surface area contributed by atoms with Crippen molar-refractivity contribution in [2.24, 2.45) is 5.92 Å². The average Bonchev–Trinajstić information content (AvgIpc) is 3.65. The molecule has 2 aliphatic rings. The number of alkyl halides is 3. The number of carbonyl (C=O) groups is 2. The predicted octanol–water partition coefficient (Wildman–Crippen LogP) is 4.77. The van der Waals surface area contributed by atoms with E-state index in [0.29, 0.717) is 42.2 Å². The Morgan fingerprint density at radius 2 is 1.91 bits per heavy atom. The molecule has 0 unspecified atom stereocenters. The lowest BCUT2D eigenvalue weighted by atomic mass is 10.1. The number of amides is 2. The fourth-order valence-electron chi connectivity index (χ4n) is 3.90. The number of fused-ring (bicyclic) bond motifs is 1. The summed E-state index contributed by atoms with van der Waals surface area (Å²) in [6.07, 6.45) is -3.61. The summed E-state index contributed by atoms with van der Waals surface area (Å²) in [6, 6.07) is 7.47. The van der Waals surface area contributed by atoms with Gasteiger partial charge in [0, 0.05) is 22.5 Å². The van der Waals surface area contributed by atoms with Crippen LogP contribution >= 0.6 is 11.6 Å².